The van der Waals surface area contributed by atoms with E-state index in [-0.39, 0.29) is 32.9 Å². The van der Waals surface area contributed by atoms with E-state index in [1.807, 2.05) is 0 Å². The molecule has 3 saturated heterocycles. The van der Waals surface area contributed by atoms with Crippen molar-refractivity contribution in [2.45, 2.75) is 81.0 Å². The number of aromatic amines is 1. The summed E-state index contributed by atoms with van der Waals surface area (Å²) in [6.07, 6.45) is -0.677. The monoisotopic (exact) mass is 451 g/mol. The number of rotatable bonds is 1. The summed E-state index contributed by atoms with van der Waals surface area (Å²) >= 11 is 0. The molecule has 5 rings (SSSR count). The van der Waals surface area contributed by atoms with Crippen LogP contribution in [0.4, 0.5) is 5.95 Å². The second-order valence-electron chi connectivity index (χ2n) is 10.8. The average molecular weight is 452 g/mol. The van der Waals surface area contributed by atoms with Gasteiger partial charge in [0.05, 0.1) is 12.1 Å². The third-order valence-electron chi connectivity index (χ3n) is 6.40. The summed E-state index contributed by atoms with van der Waals surface area (Å²) in [5, 5.41) is 10.7. The molecular weight excluding hydrogens is 422 g/mol. The van der Waals surface area contributed by atoms with E-state index in [1.165, 1.54) is 6.33 Å². The summed E-state index contributed by atoms with van der Waals surface area (Å²) in [6.45, 7) is 13.0. The summed E-state index contributed by atoms with van der Waals surface area (Å²) in [7, 11) is -3.67. The molecule has 5 heterocycles. The first-order chi connectivity index (χ1) is 13.9. The summed E-state index contributed by atoms with van der Waals surface area (Å²) in [4.78, 5) is 23.0. The van der Waals surface area contributed by atoms with Crippen LogP contribution in [0.3, 0.4) is 0 Å². The maximum absolute atomic E-state index is 12.2. The lowest BCUT2D eigenvalue weighted by atomic mass is 10.1. The average Bonchev–Trinajstić information content (AvgIpc) is 2.96. The summed E-state index contributed by atoms with van der Waals surface area (Å²) < 4.78 is 21.2. The number of aliphatic hydroxyl groups is 1. The van der Waals surface area contributed by atoms with Gasteiger partial charge in [0.25, 0.3) is 5.56 Å². The fourth-order valence-corrected chi connectivity index (χ4v) is 13.0. The number of hydrogen-bond donors (Lipinski definition) is 3. The van der Waals surface area contributed by atoms with Crippen LogP contribution in [-0.2, 0) is 13.6 Å². The van der Waals surface area contributed by atoms with E-state index in [1.54, 1.807) is 4.57 Å². The third-order valence-corrected chi connectivity index (χ3v) is 13.7. The number of hydrogen-bond acceptors (Lipinski definition) is 8. The predicted molar refractivity (Wildman–Crippen MR) is 115 cm³/mol. The molecule has 10 nitrogen and oxygen atoms in total. The second-order valence-corrected chi connectivity index (χ2v) is 17.9. The zero-order chi connectivity index (χ0) is 21.8. The lowest BCUT2D eigenvalue weighted by Crippen LogP contribution is -2.51. The van der Waals surface area contributed by atoms with E-state index in [2.05, 4.69) is 56.5 Å². The van der Waals surface area contributed by atoms with Gasteiger partial charge in [-0.15, -0.1) is 0 Å². The molecule has 7 atom stereocenters. The standard InChI is InChI=1S/C18H29N5O5Si2/c1-16(2,3)29-14-18(29)10(27-30(28-14)17(4,5)6)9(24)13(26-18)23-7-20-8-11(23)21-15(19)22-12(8)25/h7,9-10,13-14,24,29-30H,1-6H3,(H3,19,21,22,25)/t9-,10+,13-,14?,18-,29?,30?/m1/s1. The molecule has 0 radical (unpaired) electrons. The molecule has 30 heavy (non-hydrogen) atoms. The van der Waals surface area contributed by atoms with E-state index in [0.29, 0.717) is 0 Å². The van der Waals surface area contributed by atoms with Gasteiger partial charge in [0.2, 0.25) is 5.95 Å². The van der Waals surface area contributed by atoms with E-state index in [9.17, 15) is 9.90 Å². The number of aromatic nitrogens is 4. The number of anilines is 1. The lowest BCUT2D eigenvalue weighted by Gasteiger charge is -2.37. The summed E-state index contributed by atoms with van der Waals surface area (Å²) in [6, 6.07) is 0. The van der Waals surface area contributed by atoms with E-state index in [4.69, 9.17) is 19.3 Å². The van der Waals surface area contributed by atoms with Gasteiger partial charge in [-0.25, -0.2) is 4.98 Å². The van der Waals surface area contributed by atoms with E-state index < -0.39 is 47.3 Å². The van der Waals surface area contributed by atoms with Gasteiger partial charge in [0, 0.05) is 5.04 Å². The predicted octanol–water partition coefficient (Wildman–Crippen LogP) is 0.254. The number of ether oxygens (including phenoxy) is 1. The molecule has 3 fully saturated rings. The number of imidazole rings is 1. The smallest absolute Gasteiger partial charge is 0.327 e. The largest absolute Gasteiger partial charge is 0.394 e. The molecule has 0 saturated carbocycles. The van der Waals surface area contributed by atoms with Crippen LogP contribution >= 0.6 is 0 Å². The number of nitrogen functional groups attached to an aromatic ring is 1. The van der Waals surface area contributed by atoms with Gasteiger partial charge in [-0.3, -0.25) is 14.3 Å². The van der Waals surface area contributed by atoms with Crippen molar-refractivity contribution in [3.63, 3.8) is 0 Å². The van der Waals surface area contributed by atoms with Crippen LogP contribution in [0.25, 0.3) is 11.2 Å². The fraction of sp³-hybridized carbons (Fsp3) is 0.722. The molecule has 3 aliphatic rings. The molecule has 2 aromatic rings. The molecule has 0 bridgehead atoms. The van der Waals surface area contributed by atoms with Crippen molar-refractivity contribution >= 4 is 35.2 Å². The van der Waals surface area contributed by atoms with Crippen molar-refractivity contribution < 1.29 is 18.7 Å². The number of nitrogens with one attached hydrogen (secondary N) is 1. The van der Waals surface area contributed by atoms with Crippen LogP contribution in [0, 0.1) is 0 Å². The topological polar surface area (TPSA) is 138 Å². The Balaban J connectivity index is 1.59. The highest BCUT2D eigenvalue weighted by Crippen LogP contribution is 2.64. The summed E-state index contributed by atoms with van der Waals surface area (Å²) in [5.74, 6) is -0.0108. The van der Waals surface area contributed by atoms with Crippen LogP contribution < -0.4 is 11.3 Å². The fourth-order valence-electron chi connectivity index (χ4n) is 5.15. The van der Waals surface area contributed by atoms with Gasteiger partial charge in [-0.1, -0.05) is 41.5 Å². The highest BCUT2D eigenvalue weighted by molar-refractivity contribution is 6.80. The Bertz CT molecular complexity index is 1080. The Labute approximate surface area is 177 Å². The normalized spacial score (nSPS) is 38.5. The second kappa shape index (κ2) is 6.01. The number of aliphatic hydroxyl groups excluding tert-OH is 1. The van der Waals surface area contributed by atoms with Crippen molar-refractivity contribution in [1.29, 1.82) is 0 Å². The number of nitrogens with two attached hydrogens (primary N) is 1. The Hall–Kier alpha value is -1.58. The first-order valence-corrected chi connectivity index (χ1v) is 13.6. The van der Waals surface area contributed by atoms with Gasteiger partial charge in [-0.05, 0) is 5.04 Å². The maximum atomic E-state index is 12.2. The number of fused-ring (bicyclic) bond motifs is 1. The molecule has 3 unspecified atom stereocenters. The highest BCUT2D eigenvalue weighted by atomic mass is 28.3. The van der Waals surface area contributed by atoms with Crippen LogP contribution in [0.5, 0.6) is 0 Å². The first kappa shape index (κ1) is 20.3. The van der Waals surface area contributed by atoms with Gasteiger partial charge in [0.15, 0.2) is 17.4 Å². The number of nitrogens with zero attached hydrogens (tertiary/aromatic N) is 3. The van der Waals surface area contributed by atoms with Gasteiger partial charge < -0.3 is 24.4 Å². The molecular formula is C18H29N5O5Si2. The molecule has 3 aliphatic heterocycles. The molecule has 2 aromatic heterocycles. The molecule has 0 aliphatic carbocycles. The minimum atomic E-state index is -2.05. The van der Waals surface area contributed by atoms with Gasteiger partial charge in [0.1, 0.15) is 26.2 Å². The molecule has 164 valence electrons. The van der Waals surface area contributed by atoms with Crippen molar-refractivity contribution in [1.82, 2.24) is 19.5 Å². The van der Waals surface area contributed by atoms with Gasteiger partial charge in [-0.2, -0.15) is 4.98 Å². The molecule has 1 spiro atoms. The van der Waals surface area contributed by atoms with Crippen molar-refractivity contribution in [3.05, 3.63) is 16.7 Å². The van der Waals surface area contributed by atoms with Crippen molar-refractivity contribution in [3.8, 4) is 0 Å². The Kier molecular flexibility index (Phi) is 4.08. The summed E-state index contributed by atoms with van der Waals surface area (Å²) in [5.41, 5.74) is 5.76. The maximum Gasteiger partial charge on any atom is 0.327 e. The molecule has 0 aromatic carbocycles. The third kappa shape index (κ3) is 2.64. The van der Waals surface area contributed by atoms with Crippen molar-refractivity contribution in [2.24, 2.45) is 0 Å². The molecule has 0 amide bonds. The van der Waals surface area contributed by atoms with Crippen molar-refractivity contribution in [2.75, 3.05) is 5.73 Å². The molecule has 12 heteroatoms. The Morgan fingerprint density at radius 3 is 2.57 bits per heavy atom. The minimum absolute atomic E-state index is 0.00279. The lowest BCUT2D eigenvalue weighted by molar-refractivity contribution is -0.0721. The Morgan fingerprint density at radius 1 is 1.23 bits per heavy atom. The number of H-pyrrole nitrogens is 1. The minimum Gasteiger partial charge on any atom is -0.394 e. The van der Waals surface area contributed by atoms with E-state index >= 15 is 0 Å². The first-order valence-electron chi connectivity index (χ1n) is 10.2. The van der Waals surface area contributed by atoms with Gasteiger partial charge >= 0.3 is 9.28 Å². The van der Waals surface area contributed by atoms with Crippen LogP contribution in [0.1, 0.15) is 47.8 Å². The molecule has 4 N–H and O–H groups in total. The van der Waals surface area contributed by atoms with Crippen LogP contribution in [0.2, 0.25) is 10.1 Å². The van der Waals surface area contributed by atoms with Crippen LogP contribution in [-0.4, -0.2) is 65.9 Å². The Morgan fingerprint density at radius 2 is 1.93 bits per heavy atom. The quantitative estimate of drug-likeness (QED) is 0.525. The SMILES string of the molecule is CC(C)(C)[SiH]1OC2[SiH](C(C)(C)C)[C@@]23O[C@@H](n2cnc4c(=O)[nH]c(N)nc42)[C@H](O)[C@@H]3O1. The highest BCUT2D eigenvalue weighted by Gasteiger charge is 2.83. The zero-order valence-corrected chi connectivity index (χ0v) is 20.4. The van der Waals surface area contributed by atoms with Crippen LogP contribution in [0.15, 0.2) is 11.1 Å². The van der Waals surface area contributed by atoms with E-state index in [0.717, 1.165) is 0 Å². The zero-order valence-electron chi connectivity index (χ0n) is 18.0.